The standard InChI is InChI=1S/C24H30N4O5/c1-4-32-18-12-10-17(11-13-18)28-21(29)20-14-19(22(30)33-5-2)26-27(20)15-24(28,3)23(31)25-16-8-6-7-9-16/h10-14,16H,4-9,15H2,1-3H3,(H,25,31). The molecular formula is C24H30N4O5. The second-order valence-corrected chi connectivity index (χ2v) is 8.59. The van der Waals surface area contributed by atoms with Gasteiger partial charge in [0.2, 0.25) is 5.91 Å². The molecule has 1 fully saturated rings. The SMILES string of the molecule is CCOC(=O)c1cc2n(n1)CC(C)(C(=O)NC1CCCC1)N(c1ccc(OCC)cc1)C2=O. The van der Waals surface area contributed by atoms with Gasteiger partial charge in [-0.15, -0.1) is 0 Å². The summed E-state index contributed by atoms with van der Waals surface area (Å²) in [4.78, 5) is 41.0. The van der Waals surface area contributed by atoms with Crippen molar-refractivity contribution >= 4 is 23.5 Å². The summed E-state index contributed by atoms with van der Waals surface area (Å²) in [6.07, 6.45) is 4.02. The Morgan fingerprint density at radius 1 is 1.15 bits per heavy atom. The summed E-state index contributed by atoms with van der Waals surface area (Å²) in [6, 6.07) is 8.61. The van der Waals surface area contributed by atoms with E-state index in [0.717, 1.165) is 25.7 Å². The smallest absolute Gasteiger partial charge is 0.358 e. The van der Waals surface area contributed by atoms with Crippen LogP contribution in [0, 0.1) is 0 Å². The predicted molar refractivity (Wildman–Crippen MR) is 121 cm³/mol. The first kappa shape index (κ1) is 22.8. The fourth-order valence-corrected chi connectivity index (χ4v) is 4.56. The monoisotopic (exact) mass is 454 g/mol. The Balaban J connectivity index is 1.73. The van der Waals surface area contributed by atoms with E-state index in [2.05, 4.69) is 10.4 Å². The van der Waals surface area contributed by atoms with Crippen LogP contribution in [0.1, 0.15) is 67.4 Å². The van der Waals surface area contributed by atoms with E-state index in [1.807, 2.05) is 6.92 Å². The highest BCUT2D eigenvalue weighted by Crippen LogP contribution is 2.34. The molecule has 2 amide bonds. The number of ether oxygens (including phenoxy) is 2. The van der Waals surface area contributed by atoms with E-state index in [1.54, 1.807) is 38.1 Å². The van der Waals surface area contributed by atoms with Crippen molar-refractivity contribution in [2.45, 2.75) is 64.6 Å². The fraction of sp³-hybridized carbons (Fsp3) is 0.500. The number of aromatic nitrogens is 2. The zero-order valence-corrected chi connectivity index (χ0v) is 19.3. The maximum absolute atomic E-state index is 13.7. The Bertz CT molecular complexity index is 1040. The minimum Gasteiger partial charge on any atom is -0.494 e. The lowest BCUT2D eigenvalue weighted by Gasteiger charge is -2.43. The zero-order valence-electron chi connectivity index (χ0n) is 19.3. The Labute approximate surface area is 193 Å². The van der Waals surface area contributed by atoms with E-state index in [-0.39, 0.29) is 36.5 Å². The molecule has 1 aliphatic heterocycles. The van der Waals surface area contributed by atoms with Crippen LogP contribution in [0.2, 0.25) is 0 Å². The summed E-state index contributed by atoms with van der Waals surface area (Å²) in [5.41, 5.74) is -0.388. The molecule has 33 heavy (non-hydrogen) atoms. The second-order valence-electron chi connectivity index (χ2n) is 8.59. The van der Waals surface area contributed by atoms with Gasteiger partial charge in [0.25, 0.3) is 5.91 Å². The zero-order chi connectivity index (χ0) is 23.6. The molecule has 1 saturated carbocycles. The number of esters is 1. The number of fused-ring (bicyclic) bond motifs is 1. The second kappa shape index (κ2) is 9.25. The van der Waals surface area contributed by atoms with Gasteiger partial charge < -0.3 is 14.8 Å². The Morgan fingerprint density at radius 3 is 2.48 bits per heavy atom. The lowest BCUT2D eigenvalue weighted by Crippen LogP contribution is -2.65. The topological polar surface area (TPSA) is 103 Å². The van der Waals surface area contributed by atoms with Gasteiger partial charge >= 0.3 is 5.97 Å². The lowest BCUT2D eigenvalue weighted by atomic mass is 9.93. The van der Waals surface area contributed by atoms with Gasteiger partial charge in [-0.1, -0.05) is 12.8 Å². The first-order valence-electron chi connectivity index (χ1n) is 11.5. The molecule has 2 aromatic rings. The molecule has 0 saturated heterocycles. The van der Waals surface area contributed by atoms with E-state index in [4.69, 9.17) is 9.47 Å². The Morgan fingerprint density at radius 2 is 1.85 bits per heavy atom. The first-order valence-corrected chi connectivity index (χ1v) is 11.5. The Kier molecular flexibility index (Phi) is 6.40. The molecule has 1 atom stereocenters. The number of carbonyl (C=O) groups excluding carboxylic acids is 3. The molecule has 1 aromatic carbocycles. The van der Waals surface area contributed by atoms with Gasteiger partial charge in [0, 0.05) is 17.8 Å². The molecule has 9 heteroatoms. The van der Waals surface area contributed by atoms with Crippen molar-refractivity contribution in [1.82, 2.24) is 15.1 Å². The lowest BCUT2D eigenvalue weighted by molar-refractivity contribution is -0.127. The Hall–Kier alpha value is -3.36. The minimum absolute atomic E-state index is 0.0484. The highest BCUT2D eigenvalue weighted by molar-refractivity contribution is 6.12. The molecular weight excluding hydrogens is 424 g/mol. The number of hydrogen-bond acceptors (Lipinski definition) is 6. The summed E-state index contributed by atoms with van der Waals surface area (Å²) in [7, 11) is 0. The highest BCUT2D eigenvalue weighted by Gasteiger charge is 2.49. The molecule has 0 spiro atoms. The van der Waals surface area contributed by atoms with Crippen LogP contribution in [-0.4, -0.2) is 52.4 Å². The average molecular weight is 455 g/mol. The van der Waals surface area contributed by atoms with Crippen LogP contribution >= 0.6 is 0 Å². The van der Waals surface area contributed by atoms with Gasteiger partial charge in [0.1, 0.15) is 17.0 Å². The average Bonchev–Trinajstić information content (AvgIpc) is 3.45. The van der Waals surface area contributed by atoms with Crippen LogP contribution in [0.5, 0.6) is 5.75 Å². The predicted octanol–water partition coefficient (Wildman–Crippen LogP) is 2.94. The quantitative estimate of drug-likeness (QED) is 0.646. The van der Waals surface area contributed by atoms with Gasteiger partial charge in [0.05, 0.1) is 19.8 Å². The van der Waals surface area contributed by atoms with Crippen LogP contribution < -0.4 is 15.0 Å². The summed E-state index contributed by atoms with van der Waals surface area (Å²) < 4.78 is 12.0. The summed E-state index contributed by atoms with van der Waals surface area (Å²) >= 11 is 0. The molecule has 2 aliphatic rings. The van der Waals surface area contributed by atoms with Crippen molar-refractivity contribution < 1.29 is 23.9 Å². The normalized spacial score (nSPS) is 20.5. The van der Waals surface area contributed by atoms with Crippen molar-refractivity contribution in [3.8, 4) is 5.75 Å². The van der Waals surface area contributed by atoms with E-state index < -0.39 is 17.4 Å². The van der Waals surface area contributed by atoms with Crippen LogP contribution in [0.4, 0.5) is 5.69 Å². The minimum atomic E-state index is -1.24. The number of benzene rings is 1. The molecule has 4 rings (SSSR count). The van der Waals surface area contributed by atoms with Crippen LogP contribution in [-0.2, 0) is 16.1 Å². The molecule has 1 aromatic heterocycles. The van der Waals surface area contributed by atoms with Crippen molar-refractivity contribution in [3.05, 3.63) is 41.7 Å². The molecule has 9 nitrogen and oxygen atoms in total. The number of nitrogens with zero attached hydrogens (tertiary/aromatic N) is 3. The number of nitrogens with one attached hydrogen (secondary N) is 1. The van der Waals surface area contributed by atoms with Crippen LogP contribution in [0.3, 0.4) is 0 Å². The van der Waals surface area contributed by atoms with Crippen molar-refractivity contribution in [2.24, 2.45) is 0 Å². The van der Waals surface area contributed by atoms with Crippen molar-refractivity contribution in [1.29, 1.82) is 0 Å². The van der Waals surface area contributed by atoms with Gasteiger partial charge in [-0.05, 0) is 57.9 Å². The molecule has 1 aliphatic carbocycles. The molecule has 1 N–H and O–H groups in total. The fourth-order valence-electron chi connectivity index (χ4n) is 4.56. The first-order chi connectivity index (χ1) is 15.9. The number of rotatable bonds is 7. The van der Waals surface area contributed by atoms with Gasteiger partial charge in [-0.3, -0.25) is 19.2 Å². The van der Waals surface area contributed by atoms with E-state index in [0.29, 0.717) is 18.0 Å². The third kappa shape index (κ3) is 4.31. The summed E-state index contributed by atoms with van der Waals surface area (Å²) in [5.74, 6) is -0.567. The van der Waals surface area contributed by atoms with Crippen molar-refractivity contribution in [2.75, 3.05) is 18.1 Å². The molecule has 0 bridgehead atoms. The van der Waals surface area contributed by atoms with E-state index >= 15 is 0 Å². The highest BCUT2D eigenvalue weighted by atomic mass is 16.5. The number of anilines is 1. The molecule has 176 valence electrons. The molecule has 0 radical (unpaired) electrons. The van der Waals surface area contributed by atoms with Crippen molar-refractivity contribution in [3.63, 3.8) is 0 Å². The largest absolute Gasteiger partial charge is 0.494 e. The van der Waals surface area contributed by atoms with Gasteiger partial charge in [-0.2, -0.15) is 5.10 Å². The number of carbonyl (C=O) groups is 3. The summed E-state index contributed by atoms with van der Waals surface area (Å²) in [5, 5.41) is 7.42. The molecule has 2 heterocycles. The third-order valence-corrected chi connectivity index (χ3v) is 6.22. The number of amides is 2. The summed E-state index contributed by atoms with van der Waals surface area (Å²) in [6.45, 7) is 6.18. The van der Waals surface area contributed by atoms with E-state index in [9.17, 15) is 14.4 Å². The van der Waals surface area contributed by atoms with Crippen LogP contribution in [0.15, 0.2) is 30.3 Å². The third-order valence-electron chi connectivity index (χ3n) is 6.22. The van der Waals surface area contributed by atoms with E-state index in [1.165, 1.54) is 15.6 Å². The molecule has 1 unspecified atom stereocenters. The van der Waals surface area contributed by atoms with Crippen LogP contribution in [0.25, 0.3) is 0 Å². The maximum atomic E-state index is 13.7. The van der Waals surface area contributed by atoms with Gasteiger partial charge in [-0.25, -0.2) is 4.79 Å². The van der Waals surface area contributed by atoms with Gasteiger partial charge in [0.15, 0.2) is 5.69 Å². The maximum Gasteiger partial charge on any atom is 0.358 e. The number of hydrogen-bond donors (Lipinski definition) is 1.